The summed E-state index contributed by atoms with van der Waals surface area (Å²) in [6.45, 7) is 0.253. The van der Waals surface area contributed by atoms with Crippen molar-refractivity contribution in [3.05, 3.63) is 105 Å². The standard InChI is InChI=1S/C23H16ClN3O5/c24-17-5-9-18(10-6-17)26-22(28)21(25-23(26)29)13-15-3-11-20(12-4-15)32-14-16-1-7-19(8-2-16)27(30)31/h1-13H,14H2,(H,25,29)/b21-13+. The minimum absolute atomic E-state index is 0.0225. The molecular weight excluding hydrogens is 434 g/mol. The molecule has 0 radical (unpaired) electrons. The van der Waals surface area contributed by atoms with Crippen molar-refractivity contribution in [2.24, 2.45) is 0 Å². The Balaban J connectivity index is 1.41. The molecular formula is C23H16ClN3O5. The predicted molar refractivity (Wildman–Crippen MR) is 119 cm³/mol. The van der Waals surface area contributed by atoms with Crippen LogP contribution in [-0.2, 0) is 11.4 Å². The van der Waals surface area contributed by atoms with E-state index in [0.29, 0.717) is 22.0 Å². The molecule has 0 atom stereocenters. The average Bonchev–Trinajstić information content (AvgIpc) is 3.07. The third kappa shape index (κ3) is 4.60. The number of hydrogen-bond acceptors (Lipinski definition) is 5. The Bertz CT molecular complexity index is 1210. The number of anilines is 1. The summed E-state index contributed by atoms with van der Waals surface area (Å²) in [4.78, 5) is 36.2. The van der Waals surface area contributed by atoms with Gasteiger partial charge in [0.25, 0.3) is 11.6 Å². The smallest absolute Gasteiger partial charge is 0.333 e. The number of benzene rings is 3. The van der Waals surface area contributed by atoms with Gasteiger partial charge in [-0.05, 0) is 65.7 Å². The van der Waals surface area contributed by atoms with Crippen LogP contribution in [0, 0.1) is 10.1 Å². The fraction of sp³-hybridized carbons (Fsp3) is 0.0435. The minimum Gasteiger partial charge on any atom is -0.489 e. The molecule has 0 spiro atoms. The number of imide groups is 1. The number of carbonyl (C=O) groups is 2. The van der Waals surface area contributed by atoms with Gasteiger partial charge in [0.1, 0.15) is 18.1 Å². The van der Waals surface area contributed by atoms with Gasteiger partial charge in [0, 0.05) is 17.2 Å². The Kier molecular flexibility index (Phi) is 5.87. The second kappa shape index (κ2) is 8.91. The van der Waals surface area contributed by atoms with Crippen LogP contribution in [0.15, 0.2) is 78.5 Å². The minimum atomic E-state index is -0.536. The molecule has 3 aromatic rings. The first-order chi connectivity index (χ1) is 15.4. The molecule has 9 heteroatoms. The Hall–Kier alpha value is -4.17. The van der Waals surface area contributed by atoms with Crippen molar-refractivity contribution in [3.8, 4) is 5.75 Å². The van der Waals surface area contributed by atoms with Crippen molar-refractivity contribution in [3.63, 3.8) is 0 Å². The summed E-state index contributed by atoms with van der Waals surface area (Å²) < 4.78 is 5.69. The van der Waals surface area contributed by atoms with Crippen molar-refractivity contribution in [1.29, 1.82) is 0 Å². The number of non-ortho nitro benzene ring substituents is 1. The maximum absolute atomic E-state index is 12.7. The van der Waals surface area contributed by atoms with Gasteiger partial charge in [-0.2, -0.15) is 0 Å². The van der Waals surface area contributed by atoms with E-state index in [1.54, 1.807) is 66.7 Å². The molecule has 1 N–H and O–H groups in total. The molecule has 0 unspecified atom stereocenters. The first kappa shape index (κ1) is 21.1. The molecule has 0 bridgehead atoms. The quantitative estimate of drug-likeness (QED) is 0.249. The molecule has 4 rings (SSSR count). The summed E-state index contributed by atoms with van der Waals surface area (Å²) in [5, 5.41) is 13.8. The van der Waals surface area contributed by atoms with Crippen LogP contribution in [0.3, 0.4) is 0 Å². The van der Waals surface area contributed by atoms with Gasteiger partial charge in [0.2, 0.25) is 0 Å². The Morgan fingerprint density at radius 1 is 0.969 bits per heavy atom. The number of nitrogens with zero attached hydrogens (tertiary/aromatic N) is 2. The molecule has 0 aliphatic carbocycles. The second-order valence-corrected chi connectivity index (χ2v) is 7.32. The number of urea groups is 1. The van der Waals surface area contributed by atoms with Gasteiger partial charge in [0.05, 0.1) is 10.6 Å². The van der Waals surface area contributed by atoms with Gasteiger partial charge in [-0.25, -0.2) is 9.69 Å². The first-order valence-electron chi connectivity index (χ1n) is 9.49. The van der Waals surface area contributed by atoms with E-state index < -0.39 is 16.9 Å². The van der Waals surface area contributed by atoms with Crippen molar-refractivity contribution in [1.82, 2.24) is 5.32 Å². The van der Waals surface area contributed by atoms with Crippen LogP contribution >= 0.6 is 11.6 Å². The topological polar surface area (TPSA) is 102 Å². The van der Waals surface area contributed by atoms with Gasteiger partial charge < -0.3 is 10.1 Å². The largest absolute Gasteiger partial charge is 0.489 e. The highest BCUT2D eigenvalue weighted by Gasteiger charge is 2.34. The number of hydrogen-bond donors (Lipinski definition) is 1. The molecule has 1 aliphatic rings. The number of nitro groups is 1. The lowest BCUT2D eigenvalue weighted by Gasteiger charge is -2.11. The van der Waals surface area contributed by atoms with Gasteiger partial charge in [-0.1, -0.05) is 23.7 Å². The predicted octanol–water partition coefficient (Wildman–Crippen LogP) is 4.92. The highest BCUT2D eigenvalue weighted by Crippen LogP contribution is 2.24. The summed E-state index contributed by atoms with van der Waals surface area (Å²) in [6.07, 6.45) is 1.58. The lowest BCUT2D eigenvalue weighted by molar-refractivity contribution is -0.384. The molecule has 1 fully saturated rings. The highest BCUT2D eigenvalue weighted by molar-refractivity contribution is 6.31. The van der Waals surface area contributed by atoms with Crippen LogP contribution in [0.5, 0.6) is 5.75 Å². The number of nitro benzene ring substituents is 1. The summed E-state index contributed by atoms with van der Waals surface area (Å²) in [7, 11) is 0. The normalized spacial score (nSPS) is 14.5. The van der Waals surface area contributed by atoms with E-state index in [0.717, 1.165) is 10.5 Å². The highest BCUT2D eigenvalue weighted by atomic mass is 35.5. The number of amides is 3. The maximum Gasteiger partial charge on any atom is 0.333 e. The molecule has 0 saturated carbocycles. The SMILES string of the molecule is O=C1N/C(=C/c2ccc(OCc3ccc([N+](=O)[O-])cc3)cc2)C(=O)N1c1ccc(Cl)cc1. The van der Waals surface area contributed by atoms with E-state index >= 15 is 0 Å². The number of halogens is 1. The van der Waals surface area contributed by atoms with Crippen molar-refractivity contribution >= 4 is 41.0 Å². The molecule has 1 aliphatic heterocycles. The van der Waals surface area contributed by atoms with Crippen LogP contribution in [0.2, 0.25) is 5.02 Å². The zero-order valence-corrected chi connectivity index (χ0v) is 17.3. The summed E-state index contributed by atoms with van der Waals surface area (Å²) in [5.74, 6) is 0.130. The lowest BCUT2D eigenvalue weighted by Crippen LogP contribution is -2.30. The number of nitrogens with one attached hydrogen (secondary N) is 1. The zero-order valence-electron chi connectivity index (χ0n) is 16.5. The monoisotopic (exact) mass is 449 g/mol. The fourth-order valence-electron chi connectivity index (χ4n) is 3.07. The summed E-state index contributed by atoms with van der Waals surface area (Å²) in [6, 6.07) is 19.0. The zero-order chi connectivity index (χ0) is 22.7. The molecule has 160 valence electrons. The Morgan fingerprint density at radius 2 is 1.62 bits per heavy atom. The van der Waals surface area contributed by atoms with Crippen LogP contribution in [0.4, 0.5) is 16.2 Å². The molecule has 0 aromatic heterocycles. The third-order valence-corrected chi connectivity index (χ3v) is 4.96. The molecule has 3 amide bonds. The lowest BCUT2D eigenvalue weighted by atomic mass is 10.1. The van der Waals surface area contributed by atoms with Crippen molar-refractivity contribution in [2.75, 3.05) is 4.90 Å². The van der Waals surface area contributed by atoms with E-state index in [2.05, 4.69) is 5.32 Å². The van der Waals surface area contributed by atoms with E-state index in [1.165, 1.54) is 12.1 Å². The molecule has 1 saturated heterocycles. The Labute approximate surface area is 187 Å². The summed E-state index contributed by atoms with van der Waals surface area (Å²) in [5.41, 5.74) is 2.10. The van der Waals surface area contributed by atoms with E-state index in [9.17, 15) is 19.7 Å². The van der Waals surface area contributed by atoms with Gasteiger partial charge >= 0.3 is 6.03 Å². The second-order valence-electron chi connectivity index (χ2n) is 6.89. The maximum atomic E-state index is 12.7. The average molecular weight is 450 g/mol. The van der Waals surface area contributed by atoms with Crippen LogP contribution in [0.25, 0.3) is 6.08 Å². The van der Waals surface area contributed by atoms with Crippen LogP contribution in [0.1, 0.15) is 11.1 Å². The summed E-state index contributed by atoms with van der Waals surface area (Å²) >= 11 is 5.86. The van der Waals surface area contributed by atoms with E-state index in [4.69, 9.17) is 16.3 Å². The van der Waals surface area contributed by atoms with E-state index in [-0.39, 0.29) is 18.0 Å². The molecule has 1 heterocycles. The van der Waals surface area contributed by atoms with Crippen molar-refractivity contribution in [2.45, 2.75) is 6.61 Å². The molecule has 32 heavy (non-hydrogen) atoms. The van der Waals surface area contributed by atoms with Crippen LogP contribution < -0.4 is 15.0 Å². The number of rotatable bonds is 6. The first-order valence-corrected chi connectivity index (χ1v) is 9.87. The molecule has 8 nitrogen and oxygen atoms in total. The van der Waals surface area contributed by atoms with E-state index in [1.807, 2.05) is 0 Å². The number of ether oxygens (including phenoxy) is 1. The molecule has 3 aromatic carbocycles. The van der Waals surface area contributed by atoms with Gasteiger partial charge in [-0.3, -0.25) is 14.9 Å². The fourth-order valence-corrected chi connectivity index (χ4v) is 3.19. The third-order valence-electron chi connectivity index (χ3n) is 4.71. The number of carbonyl (C=O) groups excluding carboxylic acids is 2. The Morgan fingerprint density at radius 3 is 2.25 bits per heavy atom. The van der Waals surface area contributed by atoms with Crippen LogP contribution in [-0.4, -0.2) is 16.9 Å². The van der Waals surface area contributed by atoms with Crippen molar-refractivity contribution < 1.29 is 19.2 Å². The van der Waals surface area contributed by atoms with Gasteiger partial charge in [-0.15, -0.1) is 0 Å². The van der Waals surface area contributed by atoms with Gasteiger partial charge in [0.15, 0.2) is 0 Å².